The van der Waals surface area contributed by atoms with Crippen LogP contribution >= 0.6 is 11.3 Å². The Balaban J connectivity index is 1.52. The molecule has 1 atom stereocenters. The summed E-state index contributed by atoms with van der Waals surface area (Å²) in [4.78, 5) is 16.4. The van der Waals surface area contributed by atoms with Gasteiger partial charge < -0.3 is 5.32 Å². The summed E-state index contributed by atoms with van der Waals surface area (Å²) in [6.07, 6.45) is 10.1. The van der Waals surface area contributed by atoms with E-state index in [1.807, 2.05) is 13.0 Å². The molecule has 3 rings (SSSR count). The Kier molecular flexibility index (Phi) is 3.69. The number of rotatable bonds is 5. The van der Waals surface area contributed by atoms with Crippen LogP contribution in [0.1, 0.15) is 61.7 Å². The number of allylic oxidation sites excluding steroid dienone is 1. The zero-order valence-electron chi connectivity index (χ0n) is 11.3. The minimum atomic E-state index is 0.000344. The van der Waals surface area contributed by atoms with Crippen LogP contribution in [0.2, 0.25) is 0 Å². The first-order valence-electron chi connectivity index (χ1n) is 7.16. The number of hydrogen-bond donors (Lipinski definition) is 1. The van der Waals surface area contributed by atoms with Gasteiger partial charge in [0.15, 0.2) is 0 Å². The first-order chi connectivity index (χ1) is 9.22. The van der Waals surface area contributed by atoms with Gasteiger partial charge in [-0.3, -0.25) is 4.79 Å². The summed E-state index contributed by atoms with van der Waals surface area (Å²) in [7, 11) is 0. The Labute approximate surface area is 118 Å². The van der Waals surface area contributed by atoms with Crippen molar-refractivity contribution in [2.24, 2.45) is 5.92 Å². The van der Waals surface area contributed by atoms with E-state index in [1.54, 1.807) is 17.4 Å². The van der Waals surface area contributed by atoms with Crippen LogP contribution in [0, 0.1) is 5.92 Å². The monoisotopic (exact) mass is 276 g/mol. The highest BCUT2D eigenvalue weighted by Crippen LogP contribution is 2.41. The maximum absolute atomic E-state index is 11.8. The molecule has 0 aliphatic heterocycles. The van der Waals surface area contributed by atoms with Crippen LogP contribution in [0.4, 0.5) is 0 Å². The fraction of sp³-hybridized carbons (Fsp3) is 0.600. The quantitative estimate of drug-likeness (QED) is 0.836. The average molecular weight is 276 g/mol. The maximum Gasteiger partial charge on any atom is 0.244 e. The summed E-state index contributed by atoms with van der Waals surface area (Å²) in [5, 5.41) is 6.31. The van der Waals surface area contributed by atoms with Crippen LogP contribution in [-0.4, -0.2) is 10.9 Å². The van der Waals surface area contributed by atoms with Crippen molar-refractivity contribution >= 4 is 17.2 Å². The van der Waals surface area contributed by atoms with Crippen LogP contribution in [0.5, 0.6) is 0 Å². The van der Waals surface area contributed by atoms with Gasteiger partial charge in [0.05, 0.1) is 16.7 Å². The lowest BCUT2D eigenvalue weighted by molar-refractivity contribution is -0.117. The summed E-state index contributed by atoms with van der Waals surface area (Å²) in [6, 6.07) is 0.00212. The molecule has 0 saturated heterocycles. The Hall–Kier alpha value is -1.16. The molecule has 2 fully saturated rings. The maximum atomic E-state index is 11.8. The van der Waals surface area contributed by atoms with Crippen LogP contribution in [-0.2, 0) is 4.79 Å². The van der Waals surface area contributed by atoms with Gasteiger partial charge in [-0.1, -0.05) is 12.5 Å². The number of carbonyl (C=O) groups excluding carboxylic acids is 1. The van der Waals surface area contributed by atoms with Crippen molar-refractivity contribution in [2.45, 2.75) is 51.0 Å². The third-order valence-corrected chi connectivity index (χ3v) is 4.96. The summed E-state index contributed by atoms with van der Waals surface area (Å²) in [5.74, 6) is 1.32. The number of nitrogens with zero attached hydrogens (tertiary/aromatic N) is 1. The molecule has 2 aliphatic rings. The fourth-order valence-electron chi connectivity index (χ4n) is 2.21. The molecular weight excluding hydrogens is 256 g/mol. The Morgan fingerprint density at radius 2 is 2.26 bits per heavy atom. The third-order valence-electron chi connectivity index (χ3n) is 3.94. The molecule has 4 heteroatoms. The highest BCUT2D eigenvalue weighted by atomic mass is 32.1. The number of amides is 1. The summed E-state index contributed by atoms with van der Waals surface area (Å²) < 4.78 is 0. The van der Waals surface area contributed by atoms with E-state index < -0.39 is 0 Å². The van der Waals surface area contributed by atoms with Crippen LogP contribution in [0.3, 0.4) is 0 Å². The van der Waals surface area contributed by atoms with Crippen molar-refractivity contribution < 1.29 is 4.79 Å². The Morgan fingerprint density at radius 1 is 1.47 bits per heavy atom. The number of carbonyl (C=O) groups is 1. The number of aromatic nitrogens is 1. The predicted molar refractivity (Wildman–Crippen MR) is 77.1 cm³/mol. The smallest absolute Gasteiger partial charge is 0.244 e. The largest absolute Gasteiger partial charge is 0.344 e. The first kappa shape index (κ1) is 12.9. The summed E-state index contributed by atoms with van der Waals surface area (Å²) in [6.45, 7) is 2.00. The Morgan fingerprint density at radius 3 is 2.89 bits per heavy atom. The first-order valence-corrected chi connectivity index (χ1v) is 8.04. The molecule has 19 heavy (non-hydrogen) atoms. The molecule has 1 aromatic heterocycles. The second-order valence-corrected chi connectivity index (χ2v) is 6.55. The van der Waals surface area contributed by atoms with E-state index in [0.29, 0.717) is 11.8 Å². The van der Waals surface area contributed by atoms with Gasteiger partial charge in [0.1, 0.15) is 0 Å². The van der Waals surface area contributed by atoms with Crippen molar-refractivity contribution in [2.75, 3.05) is 0 Å². The molecule has 0 spiro atoms. The minimum absolute atomic E-state index is 0.000344. The zero-order chi connectivity index (χ0) is 13.2. The summed E-state index contributed by atoms with van der Waals surface area (Å²) >= 11 is 1.73. The normalized spacial score (nSPS) is 21.3. The van der Waals surface area contributed by atoms with Gasteiger partial charge in [0.25, 0.3) is 0 Å². The van der Waals surface area contributed by atoms with Gasteiger partial charge in [0.2, 0.25) is 5.91 Å². The van der Waals surface area contributed by atoms with Gasteiger partial charge in [-0.15, -0.1) is 11.3 Å². The van der Waals surface area contributed by atoms with Gasteiger partial charge in [-0.05, 0) is 44.6 Å². The lowest BCUT2D eigenvalue weighted by atomic mass is 9.85. The van der Waals surface area contributed by atoms with Gasteiger partial charge in [-0.25, -0.2) is 4.98 Å². The van der Waals surface area contributed by atoms with E-state index in [9.17, 15) is 4.79 Å². The van der Waals surface area contributed by atoms with Crippen LogP contribution in [0.25, 0.3) is 0 Å². The number of nitrogens with one attached hydrogen (secondary N) is 1. The van der Waals surface area contributed by atoms with Crippen molar-refractivity contribution in [1.29, 1.82) is 0 Å². The molecule has 2 aliphatic carbocycles. The lowest BCUT2D eigenvalue weighted by Gasteiger charge is -2.21. The van der Waals surface area contributed by atoms with E-state index in [1.165, 1.54) is 37.1 Å². The molecule has 0 aromatic carbocycles. The molecule has 0 radical (unpaired) electrons. The molecule has 1 N–H and O–H groups in total. The van der Waals surface area contributed by atoms with Crippen LogP contribution < -0.4 is 5.32 Å². The number of hydrogen-bond acceptors (Lipinski definition) is 3. The van der Waals surface area contributed by atoms with Gasteiger partial charge >= 0.3 is 0 Å². The molecular formula is C15H20N2OS. The minimum Gasteiger partial charge on any atom is -0.344 e. The van der Waals surface area contributed by atoms with E-state index in [0.717, 1.165) is 5.69 Å². The average Bonchev–Trinajstić information content (AvgIpc) is 3.05. The molecule has 1 amide bonds. The van der Waals surface area contributed by atoms with Crippen molar-refractivity contribution in [3.05, 3.63) is 28.2 Å². The number of thiazole rings is 1. The second kappa shape index (κ2) is 5.45. The molecule has 1 heterocycles. The predicted octanol–water partition coefficient (Wildman–Crippen LogP) is 3.55. The molecule has 1 unspecified atom stereocenters. The molecule has 2 saturated carbocycles. The molecule has 102 valence electrons. The van der Waals surface area contributed by atoms with Gasteiger partial charge in [0, 0.05) is 11.3 Å². The van der Waals surface area contributed by atoms with Crippen molar-refractivity contribution in [3.63, 3.8) is 0 Å². The van der Waals surface area contributed by atoms with E-state index in [2.05, 4.69) is 15.7 Å². The highest BCUT2D eigenvalue weighted by Gasteiger charge is 2.27. The van der Waals surface area contributed by atoms with Gasteiger partial charge in [-0.2, -0.15) is 0 Å². The molecule has 3 nitrogen and oxygen atoms in total. The standard InChI is InChI=1S/C15H20N2OS/c1-10(13-9-19-15(17-13)12-6-7-12)16-14(18)8-5-11-3-2-4-11/h5,8-12H,2-4,6-7H2,1H3,(H,16,18)/b8-5+. The Bertz CT molecular complexity index is 486. The topological polar surface area (TPSA) is 42.0 Å². The fourth-order valence-corrected chi connectivity index (χ4v) is 3.29. The van der Waals surface area contributed by atoms with E-state index in [4.69, 9.17) is 0 Å². The summed E-state index contributed by atoms with van der Waals surface area (Å²) in [5.41, 5.74) is 0.997. The molecule has 1 aromatic rings. The lowest BCUT2D eigenvalue weighted by Crippen LogP contribution is -2.25. The van der Waals surface area contributed by atoms with E-state index >= 15 is 0 Å². The van der Waals surface area contributed by atoms with Crippen molar-refractivity contribution in [1.82, 2.24) is 10.3 Å². The highest BCUT2D eigenvalue weighted by molar-refractivity contribution is 7.09. The van der Waals surface area contributed by atoms with Crippen molar-refractivity contribution in [3.8, 4) is 0 Å². The zero-order valence-corrected chi connectivity index (χ0v) is 12.1. The van der Waals surface area contributed by atoms with E-state index in [-0.39, 0.29) is 11.9 Å². The molecule has 0 bridgehead atoms. The second-order valence-electron chi connectivity index (χ2n) is 5.67. The van der Waals surface area contributed by atoms with Crippen LogP contribution in [0.15, 0.2) is 17.5 Å². The SMILES string of the molecule is CC(NC(=O)/C=C/C1CCC1)c1csc(C2CC2)n1. The third kappa shape index (κ3) is 3.24.